The Morgan fingerprint density at radius 3 is 2.30 bits per heavy atom. The minimum atomic E-state index is -0.00103. The van der Waals surface area contributed by atoms with Crippen LogP contribution in [0.15, 0.2) is 24.3 Å². The lowest BCUT2D eigenvalue weighted by molar-refractivity contribution is 0.130. The average molecular weight is 376 g/mol. The van der Waals surface area contributed by atoms with Gasteiger partial charge in [-0.3, -0.25) is 4.90 Å². The number of urea groups is 1. The molecule has 2 fully saturated rings. The lowest BCUT2D eigenvalue weighted by Crippen LogP contribution is -2.50. The Labute approximate surface area is 162 Å². The molecule has 0 aliphatic carbocycles. The topological polar surface area (TPSA) is 51.3 Å². The van der Waals surface area contributed by atoms with Gasteiger partial charge in [0.2, 0.25) is 0 Å². The molecule has 3 rings (SSSR count). The minimum Gasteiger partial charge on any atom is -0.385 e. The van der Waals surface area contributed by atoms with Gasteiger partial charge in [-0.25, -0.2) is 4.79 Å². The highest BCUT2D eigenvalue weighted by Gasteiger charge is 2.21. The number of hydrogen-bond acceptors (Lipinski definition) is 5. The molecule has 27 heavy (non-hydrogen) atoms. The maximum Gasteiger partial charge on any atom is 0.321 e. The number of benzene rings is 1. The molecule has 0 aromatic heterocycles. The number of hydrogen-bond donors (Lipinski definition) is 1. The van der Waals surface area contributed by atoms with Crippen molar-refractivity contribution in [2.24, 2.45) is 0 Å². The molecule has 0 saturated carbocycles. The van der Waals surface area contributed by atoms with Crippen LogP contribution in [0.4, 0.5) is 16.2 Å². The van der Waals surface area contributed by atoms with Crippen molar-refractivity contribution < 1.29 is 9.53 Å². The number of methoxy groups -OCH3 is 1. The molecule has 1 aromatic rings. The number of piperazine rings is 2. The number of nitrogens with zero attached hydrogens (tertiary/aromatic N) is 4. The Bertz CT molecular complexity index is 579. The molecular weight excluding hydrogens is 342 g/mol. The molecule has 7 heteroatoms. The second-order valence-electron chi connectivity index (χ2n) is 7.44. The molecule has 0 atom stereocenters. The second-order valence-corrected chi connectivity index (χ2v) is 7.44. The third kappa shape index (κ3) is 5.82. The number of nitrogens with one attached hydrogen (secondary N) is 1. The number of carbonyl (C=O) groups is 1. The van der Waals surface area contributed by atoms with Crippen LogP contribution in [-0.4, -0.2) is 100 Å². The van der Waals surface area contributed by atoms with E-state index >= 15 is 0 Å². The minimum absolute atomic E-state index is 0.00103. The van der Waals surface area contributed by atoms with Crippen LogP contribution in [0.2, 0.25) is 0 Å². The highest BCUT2D eigenvalue weighted by Crippen LogP contribution is 2.19. The van der Waals surface area contributed by atoms with E-state index in [0.717, 1.165) is 77.6 Å². The van der Waals surface area contributed by atoms with Gasteiger partial charge in [0.15, 0.2) is 0 Å². The van der Waals surface area contributed by atoms with Gasteiger partial charge in [0.05, 0.1) is 0 Å². The van der Waals surface area contributed by atoms with Gasteiger partial charge in [-0.2, -0.15) is 0 Å². The van der Waals surface area contributed by atoms with Gasteiger partial charge in [0.25, 0.3) is 0 Å². The first-order valence-electron chi connectivity index (χ1n) is 9.96. The van der Waals surface area contributed by atoms with Crippen LogP contribution in [0, 0.1) is 0 Å². The number of ether oxygens (including phenoxy) is 1. The summed E-state index contributed by atoms with van der Waals surface area (Å²) in [6, 6.07) is 8.22. The average Bonchev–Trinajstić information content (AvgIpc) is 2.70. The van der Waals surface area contributed by atoms with E-state index in [1.54, 1.807) is 7.11 Å². The Kier molecular flexibility index (Phi) is 7.32. The van der Waals surface area contributed by atoms with E-state index in [4.69, 9.17) is 4.74 Å². The molecule has 2 heterocycles. The largest absolute Gasteiger partial charge is 0.385 e. The van der Waals surface area contributed by atoms with Crippen molar-refractivity contribution in [3.8, 4) is 0 Å². The molecule has 1 N–H and O–H groups in total. The van der Waals surface area contributed by atoms with Crippen LogP contribution in [0.3, 0.4) is 0 Å². The predicted octanol–water partition coefficient (Wildman–Crippen LogP) is 1.62. The summed E-state index contributed by atoms with van der Waals surface area (Å²) >= 11 is 0. The molecule has 7 nitrogen and oxygen atoms in total. The highest BCUT2D eigenvalue weighted by atomic mass is 16.5. The van der Waals surface area contributed by atoms with Crippen molar-refractivity contribution in [1.29, 1.82) is 0 Å². The van der Waals surface area contributed by atoms with E-state index in [0.29, 0.717) is 0 Å². The molecule has 0 unspecified atom stereocenters. The van der Waals surface area contributed by atoms with Gasteiger partial charge in [-0.05, 0) is 37.7 Å². The maximum atomic E-state index is 12.5. The first kappa shape index (κ1) is 19.9. The molecule has 0 radical (unpaired) electrons. The fraction of sp³-hybridized carbons (Fsp3) is 0.650. The van der Waals surface area contributed by atoms with Crippen LogP contribution in [-0.2, 0) is 4.74 Å². The van der Waals surface area contributed by atoms with Crippen LogP contribution in [0.1, 0.15) is 6.42 Å². The first-order valence-corrected chi connectivity index (χ1v) is 9.96. The lowest BCUT2D eigenvalue weighted by Gasteiger charge is -2.35. The molecule has 150 valence electrons. The Morgan fingerprint density at radius 2 is 1.67 bits per heavy atom. The molecule has 2 aliphatic heterocycles. The number of rotatable bonds is 6. The Hall–Kier alpha value is -1.83. The summed E-state index contributed by atoms with van der Waals surface area (Å²) < 4.78 is 5.10. The number of carbonyl (C=O) groups excluding carboxylic acids is 1. The van der Waals surface area contributed by atoms with Crippen LogP contribution in [0.25, 0.3) is 0 Å². The van der Waals surface area contributed by atoms with Crippen LogP contribution < -0.4 is 10.2 Å². The van der Waals surface area contributed by atoms with Crippen molar-refractivity contribution >= 4 is 17.4 Å². The normalized spacial score (nSPS) is 19.3. The van der Waals surface area contributed by atoms with E-state index in [1.165, 1.54) is 5.69 Å². The summed E-state index contributed by atoms with van der Waals surface area (Å²) in [5.41, 5.74) is 2.09. The van der Waals surface area contributed by atoms with Gasteiger partial charge >= 0.3 is 6.03 Å². The van der Waals surface area contributed by atoms with E-state index in [-0.39, 0.29) is 6.03 Å². The van der Waals surface area contributed by atoms with E-state index in [2.05, 4.69) is 39.2 Å². The third-order valence-electron chi connectivity index (χ3n) is 5.47. The summed E-state index contributed by atoms with van der Waals surface area (Å²) in [5, 5.41) is 3.04. The standard InChI is InChI=1S/C20H33N5O2/c1-22-9-13-24(14-10-22)19-6-4-18(5-7-19)21-20(26)25-15-11-23(12-16-25)8-3-17-27-2/h4-7H,3,8-17H2,1-2H3,(H,21,26). The van der Waals surface area contributed by atoms with E-state index < -0.39 is 0 Å². The number of amides is 2. The molecule has 0 bridgehead atoms. The van der Waals surface area contributed by atoms with Gasteiger partial charge in [0, 0.05) is 84.0 Å². The fourth-order valence-corrected chi connectivity index (χ4v) is 3.63. The van der Waals surface area contributed by atoms with Crippen molar-refractivity contribution in [3.63, 3.8) is 0 Å². The predicted molar refractivity (Wildman–Crippen MR) is 110 cm³/mol. The maximum absolute atomic E-state index is 12.5. The smallest absolute Gasteiger partial charge is 0.321 e. The summed E-state index contributed by atoms with van der Waals surface area (Å²) in [7, 11) is 3.90. The SMILES string of the molecule is COCCCN1CCN(C(=O)Nc2ccc(N3CCN(C)CC3)cc2)CC1. The van der Waals surface area contributed by atoms with Gasteiger partial charge in [-0.15, -0.1) is 0 Å². The summed E-state index contributed by atoms with van der Waals surface area (Å²) in [6.45, 7) is 9.54. The zero-order valence-corrected chi connectivity index (χ0v) is 16.7. The summed E-state index contributed by atoms with van der Waals surface area (Å²) in [5.74, 6) is 0. The van der Waals surface area contributed by atoms with Crippen molar-refractivity contribution in [2.45, 2.75) is 6.42 Å². The van der Waals surface area contributed by atoms with Crippen molar-refractivity contribution in [1.82, 2.24) is 14.7 Å². The Morgan fingerprint density at radius 1 is 1.00 bits per heavy atom. The zero-order chi connectivity index (χ0) is 19.1. The summed E-state index contributed by atoms with van der Waals surface area (Å²) in [6.07, 6.45) is 1.04. The number of anilines is 2. The fourth-order valence-electron chi connectivity index (χ4n) is 3.63. The second kappa shape index (κ2) is 9.92. The zero-order valence-electron chi connectivity index (χ0n) is 16.7. The highest BCUT2D eigenvalue weighted by molar-refractivity contribution is 5.89. The van der Waals surface area contributed by atoms with E-state index in [9.17, 15) is 4.79 Å². The van der Waals surface area contributed by atoms with Crippen LogP contribution in [0.5, 0.6) is 0 Å². The monoisotopic (exact) mass is 375 g/mol. The van der Waals surface area contributed by atoms with Crippen LogP contribution >= 0.6 is 0 Å². The quantitative estimate of drug-likeness (QED) is 0.766. The van der Waals surface area contributed by atoms with Crippen molar-refractivity contribution in [3.05, 3.63) is 24.3 Å². The molecule has 2 aliphatic rings. The summed E-state index contributed by atoms with van der Waals surface area (Å²) in [4.78, 5) is 21.6. The van der Waals surface area contributed by atoms with Crippen molar-refractivity contribution in [2.75, 3.05) is 89.9 Å². The lowest BCUT2D eigenvalue weighted by atomic mass is 10.2. The molecule has 1 aromatic carbocycles. The molecule has 0 spiro atoms. The van der Waals surface area contributed by atoms with Gasteiger partial charge in [-0.1, -0.05) is 0 Å². The van der Waals surface area contributed by atoms with E-state index in [1.807, 2.05) is 17.0 Å². The molecule has 2 amide bonds. The molecule has 2 saturated heterocycles. The first-order chi connectivity index (χ1) is 13.2. The third-order valence-corrected chi connectivity index (χ3v) is 5.47. The molecular formula is C20H33N5O2. The van der Waals surface area contributed by atoms with Gasteiger partial charge < -0.3 is 24.8 Å². The van der Waals surface area contributed by atoms with Gasteiger partial charge in [0.1, 0.15) is 0 Å². The Balaban J connectivity index is 1.43. The number of likely N-dealkylation sites (N-methyl/N-ethyl adjacent to an activating group) is 1.